The molecule has 0 amide bonds. The maximum atomic E-state index is 12.1. The van der Waals surface area contributed by atoms with Crippen LogP contribution in [0.25, 0.3) is 0 Å². The van der Waals surface area contributed by atoms with Crippen molar-refractivity contribution in [2.45, 2.75) is 96.8 Å². The number of allylic oxidation sites excluding steroid dienone is 2. The quantitative estimate of drug-likeness (QED) is 0.178. The molecule has 0 atom stereocenters. The fourth-order valence-electron chi connectivity index (χ4n) is 3.00. The van der Waals surface area contributed by atoms with Crippen LogP contribution in [0.3, 0.4) is 0 Å². The summed E-state index contributed by atoms with van der Waals surface area (Å²) in [5.41, 5.74) is 0. The lowest BCUT2D eigenvalue weighted by Crippen LogP contribution is -2.30. The molecular weight excluding hydrogens is 369 g/mol. The van der Waals surface area contributed by atoms with Crippen LogP contribution in [0.2, 0.25) is 0 Å². The standard InChI is InChI=1S/C21H33F3N2O2/c1-2-3-13-25-15-16-26(18-25)14-11-9-7-5-4-6-8-10-12-19(27)17-20(28)21(22,23)24/h15-18H,2-14H2,1H3/p+1. The fourth-order valence-corrected chi connectivity index (χ4v) is 3.00. The third kappa shape index (κ3) is 11.1. The van der Waals surface area contributed by atoms with Gasteiger partial charge >= 0.3 is 6.18 Å². The second kappa shape index (κ2) is 13.4. The lowest BCUT2D eigenvalue weighted by Gasteiger charge is -2.04. The van der Waals surface area contributed by atoms with Gasteiger partial charge in [0.2, 0.25) is 12.1 Å². The number of halogens is 3. The fraction of sp³-hybridized carbons (Fsp3) is 0.714. The Kier molecular flexibility index (Phi) is 11.6. The minimum atomic E-state index is -4.84. The summed E-state index contributed by atoms with van der Waals surface area (Å²) in [7, 11) is 0. The van der Waals surface area contributed by atoms with Crippen molar-refractivity contribution in [2.24, 2.45) is 0 Å². The summed E-state index contributed by atoms with van der Waals surface area (Å²) in [4.78, 5) is 11.3. The molecule has 0 aliphatic heterocycles. The molecule has 0 aliphatic carbocycles. The number of ketones is 1. The highest BCUT2D eigenvalue weighted by atomic mass is 19.4. The zero-order valence-corrected chi connectivity index (χ0v) is 16.9. The van der Waals surface area contributed by atoms with E-state index < -0.39 is 17.7 Å². The van der Waals surface area contributed by atoms with Crippen LogP contribution in [0, 0.1) is 0 Å². The Hall–Kier alpha value is -1.79. The molecule has 0 spiro atoms. The van der Waals surface area contributed by atoms with Gasteiger partial charge in [0.05, 0.1) is 13.1 Å². The molecule has 160 valence electrons. The van der Waals surface area contributed by atoms with Gasteiger partial charge in [-0.1, -0.05) is 45.4 Å². The third-order valence-corrected chi connectivity index (χ3v) is 4.69. The van der Waals surface area contributed by atoms with Crippen molar-refractivity contribution in [2.75, 3.05) is 0 Å². The maximum Gasteiger partial charge on any atom is 0.448 e. The van der Waals surface area contributed by atoms with Crippen molar-refractivity contribution in [1.29, 1.82) is 0 Å². The number of unbranched alkanes of at least 4 members (excludes halogenated alkanes) is 8. The van der Waals surface area contributed by atoms with Gasteiger partial charge in [-0.2, -0.15) is 13.2 Å². The average Bonchev–Trinajstić information content (AvgIpc) is 3.08. The highest BCUT2D eigenvalue weighted by Crippen LogP contribution is 2.23. The number of alkyl halides is 3. The van der Waals surface area contributed by atoms with Crippen molar-refractivity contribution >= 4 is 5.78 Å². The first kappa shape index (κ1) is 24.2. The van der Waals surface area contributed by atoms with Crippen LogP contribution in [0.1, 0.15) is 77.6 Å². The van der Waals surface area contributed by atoms with E-state index in [9.17, 15) is 18.0 Å². The van der Waals surface area contributed by atoms with E-state index in [0.717, 1.165) is 45.2 Å². The number of hydrogen-bond acceptors (Lipinski definition) is 2. The Morgan fingerprint density at radius 2 is 1.64 bits per heavy atom. The molecule has 1 N–H and O–H groups in total. The van der Waals surface area contributed by atoms with Gasteiger partial charge in [0, 0.05) is 12.5 Å². The minimum absolute atomic E-state index is 0.0509. The van der Waals surface area contributed by atoms with Crippen LogP contribution < -0.4 is 4.57 Å². The van der Waals surface area contributed by atoms with Crippen molar-refractivity contribution in [3.63, 3.8) is 0 Å². The molecule has 0 saturated heterocycles. The second-order valence-corrected chi connectivity index (χ2v) is 7.31. The monoisotopic (exact) mass is 403 g/mol. The van der Waals surface area contributed by atoms with Gasteiger partial charge in [0.15, 0.2) is 5.78 Å². The van der Waals surface area contributed by atoms with Gasteiger partial charge in [-0.05, 0) is 25.7 Å². The lowest BCUT2D eigenvalue weighted by molar-refractivity contribution is -0.696. The molecule has 0 unspecified atom stereocenters. The van der Waals surface area contributed by atoms with Gasteiger partial charge in [0.25, 0.3) is 0 Å². The van der Waals surface area contributed by atoms with Gasteiger partial charge in [-0.15, -0.1) is 0 Å². The molecule has 0 aliphatic rings. The average molecular weight is 404 g/mol. The zero-order valence-electron chi connectivity index (χ0n) is 16.9. The number of aliphatic hydroxyl groups is 1. The van der Waals surface area contributed by atoms with E-state index in [0.29, 0.717) is 6.42 Å². The Bertz CT molecular complexity index is 595. The van der Waals surface area contributed by atoms with E-state index in [1.165, 1.54) is 25.7 Å². The highest BCUT2D eigenvalue weighted by Gasteiger charge is 2.34. The molecule has 0 bridgehead atoms. The molecular formula is C21H34F3N2O2+. The highest BCUT2D eigenvalue weighted by molar-refractivity contribution is 5.90. The van der Waals surface area contributed by atoms with Crippen LogP contribution in [-0.4, -0.2) is 21.6 Å². The summed E-state index contributed by atoms with van der Waals surface area (Å²) in [5.74, 6) is -2.48. The summed E-state index contributed by atoms with van der Waals surface area (Å²) < 4.78 is 40.7. The summed E-state index contributed by atoms with van der Waals surface area (Å²) in [6.07, 6.45) is 12.4. The molecule has 0 fully saturated rings. The van der Waals surface area contributed by atoms with E-state index in [4.69, 9.17) is 5.11 Å². The predicted octanol–water partition coefficient (Wildman–Crippen LogP) is 5.66. The van der Waals surface area contributed by atoms with Crippen LogP contribution in [0.5, 0.6) is 0 Å². The second-order valence-electron chi connectivity index (χ2n) is 7.31. The van der Waals surface area contributed by atoms with E-state index in [-0.39, 0.29) is 12.5 Å². The number of imidazole rings is 1. The van der Waals surface area contributed by atoms with Crippen molar-refractivity contribution in [3.8, 4) is 0 Å². The summed E-state index contributed by atoms with van der Waals surface area (Å²) in [6, 6.07) is 0. The molecule has 4 nitrogen and oxygen atoms in total. The Balaban J connectivity index is 1.97. The smallest absolute Gasteiger partial charge is 0.448 e. The third-order valence-electron chi connectivity index (χ3n) is 4.69. The molecule has 1 rings (SSSR count). The zero-order chi connectivity index (χ0) is 20.8. The number of hydrogen-bond donors (Lipinski definition) is 1. The van der Waals surface area contributed by atoms with Crippen molar-refractivity contribution < 1.29 is 27.6 Å². The predicted molar refractivity (Wildman–Crippen MR) is 103 cm³/mol. The SMILES string of the molecule is CCCCn1cc[n+](CCCCCCCCCCC(=O)C=C(O)C(F)(F)F)c1. The molecule has 0 radical (unpaired) electrons. The molecule has 28 heavy (non-hydrogen) atoms. The molecule has 7 heteroatoms. The number of rotatable bonds is 15. The Morgan fingerprint density at radius 3 is 2.25 bits per heavy atom. The summed E-state index contributed by atoms with van der Waals surface area (Å²) in [5, 5.41) is 8.72. The molecule has 0 aromatic carbocycles. The minimum Gasteiger partial charge on any atom is -0.504 e. The van der Waals surface area contributed by atoms with Gasteiger partial charge in [-0.25, -0.2) is 9.13 Å². The number of aromatic nitrogens is 2. The number of nitrogens with zero attached hydrogens (tertiary/aromatic N) is 2. The first-order valence-electron chi connectivity index (χ1n) is 10.4. The van der Waals surface area contributed by atoms with Crippen molar-refractivity contribution in [1.82, 2.24) is 4.57 Å². The summed E-state index contributed by atoms with van der Waals surface area (Å²) in [6.45, 7) is 4.31. The first-order chi connectivity index (χ1) is 13.3. The topological polar surface area (TPSA) is 46.1 Å². The Morgan fingerprint density at radius 1 is 1.04 bits per heavy atom. The van der Waals surface area contributed by atoms with Crippen LogP contribution in [0.4, 0.5) is 13.2 Å². The van der Waals surface area contributed by atoms with Gasteiger partial charge < -0.3 is 5.11 Å². The summed E-state index contributed by atoms with van der Waals surface area (Å²) >= 11 is 0. The van der Waals surface area contributed by atoms with Crippen LogP contribution in [-0.2, 0) is 17.9 Å². The van der Waals surface area contributed by atoms with Gasteiger partial charge in [0.1, 0.15) is 12.4 Å². The van der Waals surface area contributed by atoms with E-state index >= 15 is 0 Å². The Labute approximate surface area is 166 Å². The van der Waals surface area contributed by atoms with Crippen molar-refractivity contribution in [3.05, 3.63) is 30.6 Å². The maximum absolute atomic E-state index is 12.1. The number of carbonyl (C=O) groups is 1. The van der Waals surface area contributed by atoms with Gasteiger partial charge in [-0.3, -0.25) is 4.79 Å². The largest absolute Gasteiger partial charge is 0.504 e. The molecule has 0 saturated carbocycles. The lowest BCUT2D eigenvalue weighted by atomic mass is 10.1. The van der Waals surface area contributed by atoms with E-state index in [2.05, 4.69) is 34.8 Å². The van der Waals surface area contributed by atoms with E-state index in [1.54, 1.807) is 0 Å². The molecule has 1 aromatic rings. The molecule has 1 aromatic heterocycles. The van der Waals surface area contributed by atoms with E-state index in [1.807, 2.05) is 0 Å². The number of carbonyl (C=O) groups excluding carboxylic acids is 1. The van der Waals surface area contributed by atoms with Crippen LogP contribution in [0.15, 0.2) is 30.6 Å². The normalized spacial score (nSPS) is 12.5. The number of aliphatic hydroxyl groups excluding tert-OH is 1. The molecule has 1 heterocycles. The number of aryl methyl sites for hydroxylation is 2. The van der Waals surface area contributed by atoms with Crippen LogP contribution >= 0.6 is 0 Å². The first-order valence-corrected chi connectivity index (χ1v) is 10.4.